The highest BCUT2D eigenvalue weighted by Gasteiger charge is 2.43. The average molecular weight is 574 g/mol. The molecule has 1 fully saturated rings. The molecule has 6 rings (SSSR count). The fourth-order valence-corrected chi connectivity index (χ4v) is 7.60. The molecule has 0 N–H and O–H groups in total. The van der Waals surface area contributed by atoms with Crippen LogP contribution in [-0.4, -0.2) is 72.2 Å². The van der Waals surface area contributed by atoms with Crippen LogP contribution in [0.2, 0.25) is 0 Å². The Morgan fingerprint density at radius 3 is 2.67 bits per heavy atom. The number of benzene rings is 1. The molecule has 0 saturated heterocycles. The van der Waals surface area contributed by atoms with Crippen molar-refractivity contribution in [2.75, 3.05) is 36.9 Å². The maximum Gasteiger partial charge on any atom is 0.280 e. The quantitative estimate of drug-likeness (QED) is 0.473. The smallest absolute Gasteiger partial charge is 0.280 e. The summed E-state index contributed by atoms with van der Waals surface area (Å²) in [6.07, 6.45) is 2.10. The Labute approximate surface area is 231 Å². The molecule has 0 spiro atoms. The Balaban J connectivity index is 1.71. The van der Waals surface area contributed by atoms with E-state index in [0.29, 0.717) is 44.3 Å². The van der Waals surface area contributed by atoms with E-state index in [1.165, 1.54) is 34.3 Å². The van der Waals surface area contributed by atoms with E-state index in [9.17, 15) is 22.4 Å². The highest BCUT2D eigenvalue weighted by molar-refractivity contribution is 7.92. The standard InChI is InChI=1S/C27H32FN5O6S/c1-4-30-14-16(2)32-22-21(24(38-3)23(32)27(30)35)26(34)31-15-17-7-8-18(28)13-20(17)39-11-5-6-12-40(36,37)33(19-9-10-19)25(22)29-31/h7-8,13,16,19H,4-6,9-12,14-15H2,1-3H3. The van der Waals surface area contributed by atoms with Crippen molar-refractivity contribution in [3.63, 3.8) is 0 Å². The molecular weight excluding hydrogens is 541 g/mol. The number of carbonyl (C=O) groups is 1. The largest absolute Gasteiger partial charge is 0.493 e. The van der Waals surface area contributed by atoms with Gasteiger partial charge in [-0.15, -0.1) is 5.10 Å². The number of amides is 1. The van der Waals surface area contributed by atoms with Gasteiger partial charge in [0.15, 0.2) is 17.3 Å². The highest BCUT2D eigenvalue weighted by atomic mass is 32.2. The second-order valence-corrected chi connectivity index (χ2v) is 12.6. The van der Waals surface area contributed by atoms with E-state index in [-0.39, 0.29) is 70.8 Å². The van der Waals surface area contributed by atoms with Gasteiger partial charge in [-0.3, -0.25) is 9.59 Å². The van der Waals surface area contributed by atoms with E-state index in [1.54, 1.807) is 9.47 Å². The minimum Gasteiger partial charge on any atom is -0.493 e. The van der Waals surface area contributed by atoms with Gasteiger partial charge in [-0.2, -0.15) is 0 Å². The number of carbonyl (C=O) groups excluding carboxylic acids is 1. The van der Waals surface area contributed by atoms with Crippen molar-refractivity contribution < 1.29 is 27.1 Å². The van der Waals surface area contributed by atoms with Gasteiger partial charge in [0.1, 0.15) is 22.5 Å². The Morgan fingerprint density at radius 2 is 1.98 bits per heavy atom. The number of hydrogen-bond acceptors (Lipinski definition) is 7. The van der Waals surface area contributed by atoms with Crippen molar-refractivity contribution >= 4 is 32.7 Å². The number of methoxy groups -OCH3 is 1. The molecule has 1 saturated carbocycles. The Kier molecular flexibility index (Phi) is 6.51. The number of nitrogens with zero attached hydrogens (tertiary/aromatic N) is 5. The zero-order valence-electron chi connectivity index (χ0n) is 22.7. The van der Waals surface area contributed by atoms with Gasteiger partial charge in [-0.05, 0) is 45.6 Å². The van der Waals surface area contributed by atoms with Gasteiger partial charge in [0.25, 0.3) is 11.5 Å². The summed E-state index contributed by atoms with van der Waals surface area (Å²) in [5, 5.41) is 4.78. The molecule has 1 aliphatic carbocycles. The molecule has 1 amide bonds. The number of sulfonamides is 1. The number of likely N-dealkylation sites (N-methyl/N-ethyl adjacent to an activating group) is 1. The Bertz CT molecular complexity index is 1680. The van der Waals surface area contributed by atoms with E-state index in [2.05, 4.69) is 5.10 Å². The molecule has 1 aromatic carbocycles. The van der Waals surface area contributed by atoms with Crippen molar-refractivity contribution in [2.24, 2.45) is 0 Å². The Hall–Kier alpha value is -3.61. The van der Waals surface area contributed by atoms with Gasteiger partial charge in [-0.25, -0.2) is 21.8 Å². The summed E-state index contributed by atoms with van der Waals surface area (Å²) < 4.78 is 57.7. The summed E-state index contributed by atoms with van der Waals surface area (Å²) in [4.78, 5) is 29.4. The first-order valence-corrected chi connectivity index (χ1v) is 15.2. The van der Waals surface area contributed by atoms with E-state index < -0.39 is 21.4 Å². The van der Waals surface area contributed by atoms with Crippen LogP contribution in [0.5, 0.6) is 11.5 Å². The lowest BCUT2D eigenvalue weighted by Crippen LogP contribution is -2.42. The fraction of sp³-hybridized carbons (Fsp3) is 0.519. The molecule has 13 heteroatoms. The zero-order chi connectivity index (χ0) is 28.3. The van der Waals surface area contributed by atoms with Crippen molar-refractivity contribution in [3.05, 3.63) is 45.6 Å². The predicted octanol–water partition coefficient (Wildman–Crippen LogP) is 2.90. The fourth-order valence-electron chi connectivity index (χ4n) is 5.79. The van der Waals surface area contributed by atoms with Gasteiger partial charge in [0.2, 0.25) is 10.0 Å². The van der Waals surface area contributed by atoms with Gasteiger partial charge in [0, 0.05) is 36.8 Å². The van der Waals surface area contributed by atoms with Gasteiger partial charge < -0.3 is 18.9 Å². The molecule has 40 heavy (non-hydrogen) atoms. The van der Waals surface area contributed by atoms with Crippen LogP contribution in [0.4, 0.5) is 10.2 Å². The highest BCUT2D eigenvalue weighted by Crippen LogP contribution is 2.44. The van der Waals surface area contributed by atoms with Crippen LogP contribution in [0.3, 0.4) is 0 Å². The third-order valence-corrected chi connectivity index (χ3v) is 9.70. The van der Waals surface area contributed by atoms with Crippen molar-refractivity contribution in [1.82, 2.24) is 19.2 Å². The molecular formula is C27H32FN5O6S. The van der Waals surface area contributed by atoms with Crippen molar-refractivity contribution in [1.29, 1.82) is 0 Å². The lowest BCUT2D eigenvalue weighted by Gasteiger charge is -2.33. The monoisotopic (exact) mass is 573 g/mol. The molecule has 1 atom stereocenters. The van der Waals surface area contributed by atoms with E-state index >= 15 is 0 Å². The third kappa shape index (κ3) is 4.21. The molecule has 2 aromatic heterocycles. The third-order valence-electron chi connectivity index (χ3n) is 7.83. The topological polar surface area (TPSA) is 116 Å². The number of fused-ring (bicyclic) bond motifs is 7. The van der Waals surface area contributed by atoms with Crippen molar-refractivity contribution in [3.8, 4) is 11.5 Å². The number of aromatic nitrogens is 3. The molecule has 4 heterocycles. The predicted molar refractivity (Wildman–Crippen MR) is 146 cm³/mol. The maximum absolute atomic E-state index is 14.1. The van der Waals surface area contributed by atoms with Crippen LogP contribution in [0, 0.1) is 5.82 Å². The lowest BCUT2D eigenvalue weighted by molar-refractivity contribution is 0.0685. The van der Waals surface area contributed by atoms with E-state index in [1.807, 2.05) is 13.8 Å². The first kappa shape index (κ1) is 26.6. The van der Waals surface area contributed by atoms with Gasteiger partial charge >= 0.3 is 0 Å². The summed E-state index contributed by atoms with van der Waals surface area (Å²) in [6, 6.07) is 3.50. The summed E-state index contributed by atoms with van der Waals surface area (Å²) in [7, 11) is -2.46. The normalized spacial score (nSPS) is 21.1. The van der Waals surface area contributed by atoms with Crippen LogP contribution in [0.15, 0.2) is 23.0 Å². The number of anilines is 1. The number of ether oxygens (including phenoxy) is 2. The maximum atomic E-state index is 14.1. The number of rotatable bonds is 3. The minimum absolute atomic E-state index is 0.0931. The molecule has 2 aliphatic heterocycles. The van der Waals surface area contributed by atoms with Crippen LogP contribution in [0.25, 0.3) is 10.9 Å². The van der Waals surface area contributed by atoms with Crippen LogP contribution in [0.1, 0.15) is 61.6 Å². The second-order valence-electron chi connectivity index (χ2n) is 10.6. The molecule has 2 bridgehead atoms. The summed E-state index contributed by atoms with van der Waals surface area (Å²) in [5.41, 5.74) is 0.464. The van der Waals surface area contributed by atoms with Crippen LogP contribution in [-0.2, 0) is 16.6 Å². The zero-order valence-corrected chi connectivity index (χ0v) is 23.5. The minimum atomic E-state index is -3.86. The molecule has 214 valence electrons. The molecule has 0 radical (unpaired) electrons. The van der Waals surface area contributed by atoms with Crippen LogP contribution < -0.4 is 19.3 Å². The molecule has 1 unspecified atom stereocenters. The van der Waals surface area contributed by atoms with Crippen LogP contribution >= 0.6 is 0 Å². The first-order chi connectivity index (χ1) is 19.2. The number of halogens is 1. The second kappa shape index (κ2) is 9.79. The van der Waals surface area contributed by atoms with E-state index in [0.717, 1.165) is 0 Å². The van der Waals surface area contributed by atoms with Gasteiger partial charge in [-0.1, -0.05) is 6.07 Å². The summed E-state index contributed by atoms with van der Waals surface area (Å²) >= 11 is 0. The first-order valence-electron chi connectivity index (χ1n) is 13.6. The van der Waals surface area contributed by atoms with E-state index in [4.69, 9.17) is 9.47 Å². The summed E-state index contributed by atoms with van der Waals surface area (Å²) in [6.45, 7) is 4.77. The number of hydrogen-bond donors (Lipinski definition) is 0. The SMILES string of the molecule is CCN1CC(C)n2c(c(OC)c3c(=O)n4nc(c32)N(C2CC2)S(=O)(=O)CCCCOc2cc(F)ccc2C4)C1=O. The van der Waals surface area contributed by atoms with Gasteiger partial charge in [0.05, 0.1) is 26.0 Å². The Morgan fingerprint density at radius 1 is 1.20 bits per heavy atom. The summed E-state index contributed by atoms with van der Waals surface area (Å²) in [5.74, 6) is -0.460. The lowest BCUT2D eigenvalue weighted by atomic mass is 10.2. The molecule has 3 aromatic rings. The van der Waals surface area contributed by atoms with Crippen molar-refractivity contribution in [2.45, 2.75) is 58.2 Å². The average Bonchev–Trinajstić information content (AvgIpc) is 3.67. The molecule has 3 aliphatic rings. The molecule has 11 nitrogen and oxygen atoms in total.